The van der Waals surface area contributed by atoms with E-state index in [-0.39, 0.29) is 0 Å². The lowest BCUT2D eigenvalue weighted by molar-refractivity contribution is -0.217. The zero-order valence-electron chi connectivity index (χ0n) is 7.37. The van der Waals surface area contributed by atoms with E-state index in [4.69, 9.17) is 25.5 Å². The highest BCUT2D eigenvalue weighted by Crippen LogP contribution is 2.04. The average molecular weight is 196 g/mol. The van der Waals surface area contributed by atoms with Crippen LogP contribution >= 0.6 is 0 Å². The number of rotatable bonds is 6. The Morgan fingerprint density at radius 3 is 1.92 bits per heavy atom. The molecule has 13 heavy (non-hydrogen) atoms. The van der Waals surface area contributed by atoms with Gasteiger partial charge in [0.25, 0.3) is 0 Å². The highest BCUT2D eigenvalue weighted by atomic mass is 16.6. The lowest BCUT2D eigenvalue weighted by Crippen LogP contribution is -2.40. The van der Waals surface area contributed by atoms with Gasteiger partial charge in [0.15, 0.2) is 6.29 Å². The molecule has 4 atom stereocenters. The minimum absolute atomic E-state index is 0.479. The number of aliphatic hydroxyl groups is 5. The van der Waals surface area contributed by atoms with E-state index in [2.05, 4.69) is 4.74 Å². The molecule has 0 heterocycles. The van der Waals surface area contributed by atoms with E-state index in [0.717, 1.165) is 0 Å². The second kappa shape index (κ2) is 6.25. The monoisotopic (exact) mass is 196 g/mol. The molecule has 6 heteroatoms. The third-order valence-electron chi connectivity index (χ3n) is 1.55. The topological polar surface area (TPSA) is 110 Å². The normalized spacial score (nSPS) is 20.8. The fourth-order valence-electron chi connectivity index (χ4n) is 0.669. The van der Waals surface area contributed by atoms with Crippen molar-refractivity contribution in [3.05, 3.63) is 0 Å². The highest BCUT2D eigenvalue weighted by Gasteiger charge is 2.23. The Morgan fingerprint density at radius 2 is 1.62 bits per heavy atom. The van der Waals surface area contributed by atoms with Gasteiger partial charge in [-0.25, -0.2) is 0 Å². The largest absolute Gasteiger partial charge is 0.394 e. The van der Waals surface area contributed by atoms with Crippen LogP contribution in [-0.4, -0.2) is 63.3 Å². The minimum Gasteiger partial charge on any atom is -0.394 e. The van der Waals surface area contributed by atoms with Crippen molar-refractivity contribution in [2.75, 3.05) is 13.2 Å². The Kier molecular flexibility index (Phi) is 6.13. The van der Waals surface area contributed by atoms with Crippen LogP contribution in [0.3, 0.4) is 0 Å². The summed E-state index contributed by atoms with van der Waals surface area (Å²) in [5.74, 6) is 0. The summed E-state index contributed by atoms with van der Waals surface area (Å²) in [4.78, 5) is 0. The van der Waals surface area contributed by atoms with E-state index in [1.54, 1.807) is 0 Å². The Labute approximate surface area is 76.0 Å². The molecule has 0 saturated heterocycles. The standard InChI is InChI=1S/C7H16O6/c1-4(10)6(3-9)13-7(12)5(11)2-8/h4-12H,2-3H2,1H3/t4-,5+,6?,7?/m0/s1. The molecule has 0 aliphatic carbocycles. The van der Waals surface area contributed by atoms with Gasteiger partial charge in [-0.3, -0.25) is 0 Å². The number of ether oxygens (including phenoxy) is 1. The third-order valence-corrected chi connectivity index (χ3v) is 1.55. The van der Waals surface area contributed by atoms with E-state index in [9.17, 15) is 0 Å². The smallest absolute Gasteiger partial charge is 0.183 e. The molecule has 0 aliphatic rings. The van der Waals surface area contributed by atoms with E-state index >= 15 is 0 Å². The summed E-state index contributed by atoms with van der Waals surface area (Å²) in [6.07, 6.45) is -4.99. The van der Waals surface area contributed by atoms with E-state index < -0.39 is 37.8 Å². The zero-order chi connectivity index (χ0) is 10.4. The van der Waals surface area contributed by atoms with Gasteiger partial charge in [0.1, 0.15) is 12.2 Å². The molecule has 0 aliphatic heterocycles. The van der Waals surface area contributed by atoms with Crippen molar-refractivity contribution < 1.29 is 30.3 Å². The van der Waals surface area contributed by atoms with Crippen LogP contribution < -0.4 is 0 Å². The molecule has 0 amide bonds. The Bertz CT molecular complexity index is 128. The van der Waals surface area contributed by atoms with E-state index in [0.29, 0.717) is 0 Å². The molecule has 0 rings (SSSR count). The van der Waals surface area contributed by atoms with Crippen LogP contribution in [0.15, 0.2) is 0 Å². The fraction of sp³-hybridized carbons (Fsp3) is 1.00. The van der Waals surface area contributed by atoms with Gasteiger partial charge in [-0.2, -0.15) is 0 Å². The molecule has 5 N–H and O–H groups in total. The predicted molar refractivity (Wildman–Crippen MR) is 42.7 cm³/mol. The first-order valence-corrected chi connectivity index (χ1v) is 3.94. The lowest BCUT2D eigenvalue weighted by atomic mass is 10.2. The molecule has 0 spiro atoms. The zero-order valence-corrected chi connectivity index (χ0v) is 7.37. The van der Waals surface area contributed by atoms with Gasteiger partial charge in [-0.1, -0.05) is 0 Å². The number of hydrogen-bond donors (Lipinski definition) is 5. The van der Waals surface area contributed by atoms with Crippen LogP contribution in [0.4, 0.5) is 0 Å². The molecule has 0 saturated carbocycles. The van der Waals surface area contributed by atoms with Crippen LogP contribution in [-0.2, 0) is 4.74 Å². The Balaban J connectivity index is 3.93. The number of aliphatic hydroxyl groups excluding tert-OH is 5. The average Bonchev–Trinajstić information content (AvgIpc) is 2.11. The molecular weight excluding hydrogens is 180 g/mol. The summed E-state index contributed by atoms with van der Waals surface area (Å²) >= 11 is 0. The molecular formula is C7H16O6. The molecule has 80 valence electrons. The highest BCUT2D eigenvalue weighted by molar-refractivity contribution is 4.66. The summed E-state index contributed by atoms with van der Waals surface area (Å²) < 4.78 is 4.66. The van der Waals surface area contributed by atoms with Crippen molar-refractivity contribution >= 4 is 0 Å². The van der Waals surface area contributed by atoms with Crippen LogP contribution in [0.25, 0.3) is 0 Å². The van der Waals surface area contributed by atoms with Crippen molar-refractivity contribution in [3.8, 4) is 0 Å². The van der Waals surface area contributed by atoms with Crippen molar-refractivity contribution in [2.45, 2.75) is 31.5 Å². The first-order valence-electron chi connectivity index (χ1n) is 3.94. The van der Waals surface area contributed by atoms with Crippen LogP contribution in [0.5, 0.6) is 0 Å². The fourth-order valence-corrected chi connectivity index (χ4v) is 0.669. The summed E-state index contributed by atoms with van der Waals surface area (Å²) in [6, 6.07) is 0. The van der Waals surface area contributed by atoms with Gasteiger partial charge in [0.2, 0.25) is 0 Å². The van der Waals surface area contributed by atoms with Gasteiger partial charge in [-0.15, -0.1) is 0 Å². The molecule has 0 aromatic rings. The van der Waals surface area contributed by atoms with Crippen molar-refractivity contribution in [2.24, 2.45) is 0 Å². The summed E-state index contributed by atoms with van der Waals surface area (Å²) in [6.45, 7) is 0.241. The Morgan fingerprint density at radius 1 is 1.08 bits per heavy atom. The van der Waals surface area contributed by atoms with E-state index in [1.165, 1.54) is 6.92 Å². The van der Waals surface area contributed by atoms with Gasteiger partial charge in [-0.05, 0) is 6.92 Å². The first kappa shape index (κ1) is 12.8. The molecule has 0 aromatic carbocycles. The first-order chi connectivity index (χ1) is 6.02. The number of hydrogen-bond acceptors (Lipinski definition) is 6. The molecule has 0 radical (unpaired) electrons. The third kappa shape index (κ3) is 4.51. The maximum Gasteiger partial charge on any atom is 0.183 e. The predicted octanol–water partition coefficient (Wildman–Crippen LogP) is -2.58. The van der Waals surface area contributed by atoms with Crippen LogP contribution in [0.2, 0.25) is 0 Å². The van der Waals surface area contributed by atoms with E-state index in [1.807, 2.05) is 0 Å². The van der Waals surface area contributed by atoms with Crippen LogP contribution in [0, 0.1) is 0 Å². The summed E-state index contributed by atoms with van der Waals surface area (Å²) in [5.41, 5.74) is 0. The second-order valence-electron chi connectivity index (χ2n) is 2.74. The molecule has 0 aromatic heterocycles. The quantitative estimate of drug-likeness (QED) is 0.298. The van der Waals surface area contributed by atoms with Gasteiger partial charge >= 0.3 is 0 Å². The maximum absolute atomic E-state index is 9.01. The Hall–Kier alpha value is -0.240. The van der Waals surface area contributed by atoms with Crippen molar-refractivity contribution in [1.82, 2.24) is 0 Å². The molecule has 0 fully saturated rings. The molecule has 6 nitrogen and oxygen atoms in total. The molecule has 0 bridgehead atoms. The van der Waals surface area contributed by atoms with Gasteiger partial charge in [0, 0.05) is 0 Å². The van der Waals surface area contributed by atoms with Gasteiger partial charge in [0.05, 0.1) is 19.3 Å². The second-order valence-corrected chi connectivity index (χ2v) is 2.74. The van der Waals surface area contributed by atoms with Crippen molar-refractivity contribution in [3.63, 3.8) is 0 Å². The molecule has 2 unspecified atom stereocenters. The lowest BCUT2D eigenvalue weighted by Gasteiger charge is -2.24. The van der Waals surface area contributed by atoms with Crippen LogP contribution in [0.1, 0.15) is 6.92 Å². The summed E-state index contributed by atoms with van der Waals surface area (Å²) in [5, 5.41) is 43.9. The van der Waals surface area contributed by atoms with Crippen molar-refractivity contribution in [1.29, 1.82) is 0 Å². The minimum atomic E-state index is -1.61. The van der Waals surface area contributed by atoms with Gasteiger partial charge < -0.3 is 30.3 Å². The SMILES string of the molecule is C[C@H](O)C(CO)OC(O)[C@H](O)CO. The maximum atomic E-state index is 9.01. The summed E-state index contributed by atoms with van der Waals surface area (Å²) in [7, 11) is 0.